The summed E-state index contributed by atoms with van der Waals surface area (Å²) in [5.41, 5.74) is -0.0121. The number of benzene rings is 2. The van der Waals surface area contributed by atoms with E-state index in [0.717, 1.165) is 0 Å². The van der Waals surface area contributed by atoms with Gasteiger partial charge in [0.15, 0.2) is 11.2 Å². The SMILES string of the molecule is O=C(O)C(=O)CC(=O)c1cn(Cc2ccc(F)cc2)c2cc(Cl)c(Cl)cc2c1=O. The zero-order chi connectivity index (χ0) is 21.3. The molecule has 0 aliphatic carbocycles. The van der Waals surface area contributed by atoms with Crippen LogP contribution in [0.4, 0.5) is 4.39 Å². The molecule has 9 heteroatoms. The molecule has 0 radical (unpaired) electrons. The number of fused-ring (bicyclic) bond motifs is 1. The lowest BCUT2D eigenvalue weighted by atomic mass is 10.0. The fraction of sp³-hybridized carbons (Fsp3) is 0.100. The maximum Gasteiger partial charge on any atom is 0.372 e. The molecular formula is C20H12Cl2FNO5. The van der Waals surface area contributed by atoms with Gasteiger partial charge in [-0.2, -0.15) is 0 Å². The van der Waals surface area contributed by atoms with Gasteiger partial charge in [-0.05, 0) is 29.8 Å². The Bertz CT molecular complexity index is 1220. The van der Waals surface area contributed by atoms with E-state index in [1.165, 1.54) is 47.2 Å². The third-order valence-corrected chi connectivity index (χ3v) is 4.97. The average Bonchev–Trinajstić information content (AvgIpc) is 2.67. The third-order valence-electron chi connectivity index (χ3n) is 4.25. The highest BCUT2D eigenvalue weighted by Crippen LogP contribution is 2.27. The van der Waals surface area contributed by atoms with Gasteiger partial charge in [0.2, 0.25) is 5.78 Å². The highest BCUT2D eigenvalue weighted by molar-refractivity contribution is 6.42. The van der Waals surface area contributed by atoms with Gasteiger partial charge in [-0.1, -0.05) is 35.3 Å². The molecule has 1 N–H and O–H groups in total. The molecule has 0 fully saturated rings. The second kappa shape index (κ2) is 8.14. The monoisotopic (exact) mass is 435 g/mol. The van der Waals surface area contributed by atoms with Crippen molar-refractivity contribution in [3.8, 4) is 0 Å². The van der Waals surface area contributed by atoms with Crippen LogP contribution in [0.5, 0.6) is 0 Å². The number of hydrogen-bond acceptors (Lipinski definition) is 4. The summed E-state index contributed by atoms with van der Waals surface area (Å²) in [5.74, 6) is -4.44. The van der Waals surface area contributed by atoms with E-state index in [9.17, 15) is 23.6 Å². The van der Waals surface area contributed by atoms with Gasteiger partial charge < -0.3 is 9.67 Å². The summed E-state index contributed by atoms with van der Waals surface area (Å²) in [6.07, 6.45) is 0.281. The highest BCUT2D eigenvalue weighted by Gasteiger charge is 2.22. The van der Waals surface area contributed by atoms with E-state index in [1.807, 2.05) is 0 Å². The summed E-state index contributed by atoms with van der Waals surface area (Å²) in [5, 5.41) is 9.07. The second-order valence-corrected chi connectivity index (χ2v) is 7.05. The maximum absolute atomic E-state index is 13.2. The van der Waals surface area contributed by atoms with E-state index >= 15 is 0 Å². The smallest absolute Gasteiger partial charge is 0.372 e. The lowest BCUT2D eigenvalue weighted by molar-refractivity contribution is -0.148. The number of pyridine rings is 1. The van der Waals surface area contributed by atoms with E-state index in [4.69, 9.17) is 28.3 Å². The van der Waals surface area contributed by atoms with Gasteiger partial charge in [-0.15, -0.1) is 0 Å². The van der Waals surface area contributed by atoms with Crippen molar-refractivity contribution in [2.45, 2.75) is 13.0 Å². The van der Waals surface area contributed by atoms with Crippen LogP contribution in [0.15, 0.2) is 47.4 Å². The van der Waals surface area contributed by atoms with Crippen molar-refractivity contribution in [2.75, 3.05) is 0 Å². The molecule has 148 valence electrons. The third kappa shape index (κ3) is 4.36. The molecule has 2 aromatic carbocycles. The first kappa shape index (κ1) is 20.7. The topological polar surface area (TPSA) is 93.4 Å². The molecule has 0 spiro atoms. The van der Waals surface area contributed by atoms with Crippen molar-refractivity contribution in [2.24, 2.45) is 0 Å². The van der Waals surface area contributed by atoms with Crippen molar-refractivity contribution in [3.05, 3.63) is 79.8 Å². The van der Waals surface area contributed by atoms with Gasteiger partial charge in [-0.25, -0.2) is 9.18 Å². The van der Waals surface area contributed by atoms with Gasteiger partial charge in [0.1, 0.15) is 5.82 Å². The summed E-state index contributed by atoms with van der Waals surface area (Å²) >= 11 is 12.1. The van der Waals surface area contributed by atoms with Crippen molar-refractivity contribution in [3.63, 3.8) is 0 Å². The summed E-state index contributed by atoms with van der Waals surface area (Å²) < 4.78 is 14.7. The number of halogens is 3. The normalized spacial score (nSPS) is 10.9. The minimum absolute atomic E-state index is 0.0788. The summed E-state index contributed by atoms with van der Waals surface area (Å²) in [7, 11) is 0. The van der Waals surface area contributed by atoms with Gasteiger partial charge in [0.05, 0.1) is 27.5 Å². The molecule has 1 aromatic heterocycles. The Kier molecular flexibility index (Phi) is 5.81. The average molecular weight is 436 g/mol. The van der Waals surface area contributed by atoms with E-state index in [2.05, 4.69) is 0 Å². The van der Waals surface area contributed by atoms with Crippen LogP contribution < -0.4 is 5.43 Å². The fourth-order valence-electron chi connectivity index (χ4n) is 2.82. The van der Waals surface area contributed by atoms with Crippen LogP contribution >= 0.6 is 23.2 Å². The Morgan fingerprint density at radius 3 is 2.28 bits per heavy atom. The molecule has 3 rings (SSSR count). The van der Waals surface area contributed by atoms with Crippen molar-refractivity contribution < 1.29 is 23.9 Å². The van der Waals surface area contributed by atoms with Crippen LogP contribution in [0, 0.1) is 5.82 Å². The van der Waals surface area contributed by atoms with Gasteiger partial charge in [0, 0.05) is 18.1 Å². The number of carboxylic acids is 1. The number of aromatic nitrogens is 1. The van der Waals surface area contributed by atoms with E-state index in [0.29, 0.717) is 11.1 Å². The number of carbonyl (C=O) groups is 3. The first-order valence-corrected chi connectivity index (χ1v) is 8.99. The van der Waals surface area contributed by atoms with Crippen LogP contribution in [0.25, 0.3) is 10.9 Å². The first-order valence-electron chi connectivity index (χ1n) is 8.23. The van der Waals surface area contributed by atoms with E-state index in [-0.39, 0.29) is 27.5 Å². The van der Waals surface area contributed by atoms with Crippen LogP contribution in [0.3, 0.4) is 0 Å². The summed E-state index contributed by atoms with van der Waals surface area (Å²) in [6, 6.07) is 8.36. The molecule has 29 heavy (non-hydrogen) atoms. The van der Waals surface area contributed by atoms with Gasteiger partial charge in [0.25, 0.3) is 0 Å². The molecule has 0 bridgehead atoms. The number of ketones is 2. The molecule has 0 amide bonds. The zero-order valence-electron chi connectivity index (χ0n) is 14.6. The molecule has 0 saturated carbocycles. The number of carboxylic acid groups (broad SMARTS) is 1. The Labute approximate surface area is 173 Å². The van der Waals surface area contributed by atoms with Gasteiger partial charge in [-0.3, -0.25) is 14.4 Å². The number of rotatable bonds is 6. The molecule has 0 aliphatic rings. The first-order chi connectivity index (χ1) is 13.7. The molecule has 0 atom stereocenters. The highest BCUT2D eigenvalue weighted by atomic mass is 35.5. The molecular weight excluding hydrogens is 424 g/mol. The lowest BCUT2D eigenvalue weighted by Gasteiger charge is -2.14. The van der Waals surface area contributed by atoms with Gasteiger partial charge >= 0.3 is 5.97 Å². The molecule has 0 aliphatic heterocycles. The molecule has 3 aromatic rings. The van der Waals surface area contributed by atoms with Crippen LogP contribution in [-0.2, 0) is 16.1 Å². The Hall–Kier alpha value is -3.03. The number of hydrogen-bond donors (Lipinski definition) is 1. The standard InChI is InChI=1S/C20H12Cl2FNO5/c21-14-5-12-16(6-15(14)22)24(8-10-1-3-11(23)4-2-10)9-13(19(12)27)17(25)7-18(26)20(28)29/h1-6,9H,7-8H2,(H,28,29). The minimum atomic E-state index is -1.76. The quantitative estimate of drug-likeness (QED) is 0.361. The predicted octanol–water partition coefficient (Wildman–Crippen LogP) is 3.72. The maximum atomic E-state index is 13.2. The van der Waals surface area contributed by atoms with Crippen molar-refractivity contribution in [1.82, 2.24) is 4.57 Å². The molecule has 6 nitrogen and oxygen atoms in total. The number of aliphatic carboxylic acids is 1. The number of nitrogens with zero attached hydrogens (tertiary/aromatic N) is 1. The van der Waals surface area contributed by atoms with E-state index in [1.54, 1.807) is 0 Å². The Morgan fingerprint density at radius 1 is 1.03 bits per heavy atom. The summed E-state index contributed by atoms with van der Waals surface area (Å²) in [6.45, 7) is 0.155. The Morgan fingerprint density at radius 2 is 1.66 bits per heavy atom. The van der Waals surface area contributed by atoms with E-state index < -0.39 is 35.2 Å². The predicted molar refractivity (Wildman–Crippen MR) is 105 cm³/mol. The molecule has 1 heterocycles. The largest absolute Gasteiger partial charge is 0.475 e. The Balaban J connectivity index is 2.18. The molecule has 0 unspecified atom stereocenters. The zero-order valence-corrected chi connectivity index (χ0v) is 16.1. The van der Waals surface area contributed by atoms with Crippen molar-refractivity contribution in [1.29, 1.82) is 0 Å². The second-order valence-electron chi connectivity index (χ2n) is 6.24. The number of Topliss-reactive ketones (excluding diaryl/α,β-unsaturated/α-hetero) is 2. The van der Waals surface area contributed by atoms with Crippen LogP contribution in [0.1, 0.15) is 22.3 Å². The molecule has 0 saturated heterocycles. The van der Waals surface area contributed by atoms with Crippen molar-refractivity contribution >= 4 is 51.6 Å². The summed E-state index contributed by atoms with van der Waals surface area (Å²) in [4.78, 5) is 47.3. The number of carbonyl (C=O) groups excluding carboxylic acids is 2. The lowest BCUT2D eigenvalue weighted by Crippen LogP contribution is -2.24. The fourth-order valence-corrected chi connectivity index (χ4v) is 3.14. The van der Waals surface area contributed by atoms with Crippen LogP contribution in [-0.4, -0.2) is 27.2 Å². The van der Waals surface area contributed by atoms with Crippen LogP contribution in [0.2, 0.25) is 10.0 Å². The minimum Gasteiger partial charge on any atom is -0.475 e.